The van der Waals surface area contributed by atoms with Gasteiger partial charge < -0.3 is 9.72 Å². The third kappa shape index (κ3) is 3.77. The third-order valence-electron chi connectivity index (χ3n) is 4.72. The lowest BCUT2D eigenvalue weighted by Gasteiger charge is -2.10. The number of nitrogens with one attached hydrogen (secondary N) is 1. The van der Waals surface area contributed by atoms with Crippen LogP contribution in [0.4, 0.5) is 0 Å². The van der Waals surface area contributed by atoms with Crippen molar-refractivity contribution < 1.29 is 9.53 Å². The molecule has 4 aromatic rings. The van der Waals surface area contributed by atoms with E-state index in [2.05, 4.69) is 9.97 Å². The van der Waals surface area contributed by atoms with Crippen LogP contribution in [0.25, 0.3) is 21.9 Å². The van der Waals surface area contributed by atoms with Gasteiger partial charge in [0.05, 0.1) is 34.7 Å². The number of aromatic amines is 1. The van der Waals surface area contributed by atoms with Crippen LogP contribution in [0, 0.1) is 0 Å². The van der Waals surface area contributed by atoms with E-state index >= 15 is 0 Å². The number of aromatic nitrogens is 4. The van der Waals surface area contributed by atoms with Crippen LogP contribution in [-0.2, 0) is 22.6 Å². The van der Waals surface area contributed by atoms with Gasteiger partial charge in [-0.15, -0.1) is 0 Å². The Morgan fingerprint density at radius 2 is 1.77 bits per heavy atom. The standard InChI is InChI=1S/C21H18N4O5/c26-18-12-22-16-8-3-4-9-17(16)25(18)13-19(27)30-11-5-10-24-20(28)14-6-1-2-7-15(14)23-21(24)29/h1-4,6-9,12H,5,10-11,13H2,(H,23,29). The van der Waals surface area contributed by atoms with Gasteiger partial charge in [-0.25, -0.2) is 9.78 Å². The van der Waals surface area contributed by atoms with Crippen molar-refractivity contribution in [2.75, 3.05) is 6.61 Å². The number of hydrogen-bond acceptors (Lipinski definition) is 6. The van der Waals surface area contributed by atoms with Crippen molar-refractivity contribution in [3.05, 3.63) is 85.9 Å². The van der Waals surface area contributed by atoms with Gasteiger partial charge in [-0.05, 0) is 30.7 Å². The SMILES string of the molecule is O=C(Cn1c(=O)cnc2ccccc21)OCCCn1c(=O)[nH]c2ccccc2c1=O. The number of carbonyl (C=O) groups excluding carboxylic acids is 1. The normalized spacial score (nSPS) is 11.1. The molecule has 0 amide bonds. The minimum Gasteiger partial charge on any atom is -0.464 e. The van der Waals surface area contributed by atoms with Crippen LogP contribution in [0.3, 0.4) is 0 Å². The molecule has 0 aliphatic carbocycles. The first-order valence-corrected chi connectivity index (χ1v) is 9.36. The van der Waals surface area contributed by atoms with E-state index in [9.17, 15) is 19.2 Å². The highest BCUT2D eigenvalue weighted by atomic mass is 16.5. The molecule has 0 spiro atoms. The Labute approximate surface area is 169 Å². The highest BCUT2D eigenvalue weighted by Crippen LogP contribution is 2.08. The fourth-order valence-corrected chi connectivity index (χ4v) is 3.26. The van der Waals surface area contributed by atoms with E-state index in [1.165, 1.54) is 4.57 Å². The van der Waals surface area contributed by atoms with Crippen molar-refractivity contribution in [1.82, 2.24) is 19.1 Å². The summed E-state index contributed by atoms with van der Waals surface area (Å²) in [5, 5.41) is 0.415. The van der Waals surface area contributed by atoms with Gasteiger partial charge in [0.1, 0.15) is 6.54 Å². The van der Waals surface area contributed by atoms with Crippen molar-refractivity contribution in [1.29, 1.82) is 0 Å². The second-order valence-electron chi connectivity index (χ2n) is 6.68. The lowest BCUT2D eigenvalue weighted by atomic mass is 10.2. The fourth-order valence-electron chi connectivity index (χ4n) is 3.26. The van der Waals surface area contributed by atoms with E-state index in [4.69, 9.17) is 4.74 Å². The van der Waals surface area contributed by atoms with E-state index < -0.39 is 22.8 Å². The summed E-state index contributed by atoms with van der Waals surface area (Å²) in [6.07, 6.45) is 1.44. The lowest BCUT2D eigenvalue weighted by molar-refractivity contribution is -0.144. The number of para-hydroxylation sites is 3. The molecule has 0 atom stereocenters. The molecule has 9 nitrogen and oxygen atoms in total. The molecule has 0 radical (unpaired) electrons. The number of ether oxygens (including phenoxy) is 1. The number of esters is 1. The zero-order valence-electron chi connectivity index (χ0n) is 15.9. The summed E-state index contributed by atoms with van der Waals surface area (Å²) < 4.78 is 7.57. The molecular weight excluding hydrogens is 388 g/mol. The monoisotopic (exact) mass is 406 g/mol. The van der Waals surface area contributed by atoms with Gasteiger partial charge in [-0.1, -0.05) is 24.3 Å². The molecule has 0 aliphatic rings. The molecule has 9 heteroatoms. The van der Waals surface area contributed by atoms with Crippen LogP contribution >= 0.6 is 0 Å². The molecule has 2 aromatic carbocycles. The molecule has 4 rings (SSSR count). The highest BCUT2D eigenvalue weighted by molar-refractivity contribution is 5.77. The molecule has 0 unspecified atom stereocenters. The van der Waals surface area contributed by atoms with E-state index in [0.717, 1.165) is 10.8 Å². The maximum absolute atomic E-state index is 12.5. The van der Waals surface area contributed by atoms with Gasteiger partial charge in [0, 0.05) is 6.54 Å². The van der Waals surface area contributed by atoms with Gasteiger partial charge in [0.25, 0.3) is 11.1 Å². The first-order chi connectivity index (χ1) is 14.5. The molecule has 0 saturated carbocycles. The number of H-pyrrole nitrogens is 1. The van der Waals surface area contributed by atoms with Crippen molar-refractivity contribution in [3.63, 3.8) is 0 Å². The molecule has 0 fully saturated rings. The summed E-state index contributed by atoms with van der Waals surface area (Å²) in [6.45, 7) is -0.141. The van der Waals surface area contributed by atoms with E-state index in [1.54, 1.807) is 48.5 Å². The van der Waals surface area contributed by atoms with Crippen molar-refractivity contribution in [2.24, 2.45) is 0 Å². The molecule has 30 heavy (non-hydrogen) atoms. The van der Waals surface area contributed by atoms with Gasteiger partial charge >= 0.3 is 11.7 Å². The average Bonchev–Trinajstić information content (AvgIpc) is 2.75. The second kappa shape index (κ2) is 8.16. The molecule has 1 N–H and O–H groups in total. The second-order valence-corrected chi connectivity index (χ2v) is 6.68. The third-order valence-corrected chi connectivity index (χ3v) is 4.72. The molecule has 0 aliphatic heterocycles. The number of nitrogens with zero attached hydrogens (tertiary/aromatic N) is 3. The smallest absolute Gasteiger partial charge is 0.328 e. The summed E-state index contributed by atoms with van der Waals surface area (Å²) in [7, 11) is 0. The number of rotatable bonds is 6. The van der Waals surface area contributed by atoms with Crippen LogP contribution in [0.2, 0.25) is 0 Å². The van der Waals surface area contributed by atoms with Gasteiger partial charge in [-0.3, -0.25) is 23.5 Å². The summed E-state index contributed by atoms with van der Waals surface area (Å²) in [6, 6.07) is 13.8. The van der Waals surface area contributed by atoms with Crippen LogP contribution < -0.4 is 16.8 Å². The Bertz CT molecular complexity index is 1420. The Morgan fingerprint density at radius 1 is 1.00 bits per heavy atom. The number of carbonyl (C=O) groups is 1. The Hall–Kier alpha value is -4.01. The van der Waals surface area contributed by atoms with Crippen LogP contribution in [-0.4, -0.2) is 31.7 Å². The largest absolute Gasteiger partial charge is 0.464 e. The Kier molecular flexibility index (Phi) is 5.25. The van der Waals surface area contributed by atoms with Crippen LogP contribution in [0.15, 0.2) is 69.1 Å². The summed E-state index contributed by atoms with van der Waals surface area (Å²) in [5.74, 6) is -0.590. The summed E-state index contributed by atoms with van der Waals surface area (Å²) in [4.78, 5) is 55.6. The van der Waals surface area contributed by atoms with E-state index in [1.807, 2.05) is 0 Å². The average molecular weight is 406 g/mol. The maximum Gasteiger partial charge on any atom is 0.328 e. The zero-order chi connectivity index (χ0) is 21.1. The highest BCUT2D eigenvalue weighted by Gasteiger charge is 2.11. The number of benzene rings is 2. The summed E-state index contributed by atoms with van der Waals surface area (Å²) >= 11 is 0. The van der Waals surface area contributed by atoms with E-state index in [-0.39, 0.29) is 26.1 Å². The molecular formula is C21H18N4O5. The topological polar surface area (TPSA) is 116 Å². The quantitative estimate of drug-likeness (QED) is 0.378. The Balaban J connectivity index is 1.40. The first-order valence-electron chi connectivity index (χ1n) is 9.36. The minimum absolute atomic E-state index is 0.00923. The molecule has 0 bridgehead atoms. The summed E-state index contributed by atoms with van der Waals surface area (Å²) in [5.41, 5.74) is 0.302. The predicted octanol–water partition coefficient (Wildman–Crippen LogP) is 1.03. The molecule has 0 saturated heterocycles. The Morgan fingerprint density at radius 3 is 2.63 bits per heavy atom. The zero-order valence-corrected chi connectivity index (χ0v) is 15.9. The molecule has 2 heterocycles. The lowest BCUT2D eigenvalue weighted by Crippen LogP contribution is -2.35. The maximum atomic E-state index is 12.5. The first kappa shape index (κ1) is 19.3. The fraction of sp³-hybridized carbons (Fsp3) is 0.190. The number of hydrogen-bond donors (Lipinski definition) is 1. The van der Waals surface area contributed by atoms with Crippen molar-refractivity contribution in [3.8, 4) is 0 Å². The van der Waals surface area contributed by atoms with E-state index in [0.29, 0.717) is 21.9 Å². The van der Waals surface area contributed by atoms with Gasteiger partial charge in [-0.2, -0.15) is 0 Å². The number of fused-ring (bicyclic) bond motifs is 2. The van der Waals surface area contributed by atoms with Crippen molar-refractivity contribution >= 4 is 27.9 Å². The predicted molar refractivity (Wildman–Crippen MR) is 110 cm³/mol. The van der Waals surface area contributed by atoms with Crippen LogP contribution in [0.5, 0.6) is 0 Å². The minimum atomic E-state index is -0.590. The molecule has 152 valence electrons. The van der Waals surface area contributed by atoms with Gasteiger partial charge in [0.2, 0.25) is 0 Å². The van der Waals surface area contributed by atoms with Gasteiger partial charge in [0.15, 0.2) is 0 Å². The molecule has 2 aromatic heterocycles. The van der Waals surface area contributed by atoms with Crippen LogP contribution in [0.1, 0.15) is 6.42 Å². The van der Waals surface area contributed by atoms with Crippen molar-refractivity contribution in [2.45, 2.75) is 19.5 Å².